The summed E-state index contributed by atoms with van der Waals surface area (Å²) in [6.45, 7) is 2.14. The van der Waals surface area contributed by atoms with Crippen molar-refractivity contribution in [1.29, 1.82) is 0 Å². The van der Waals surface area contributed by atoms with Crippen LogP contribution in [-0.2, 0) is 0 Å². The number of likely N-dealkylation sites (N-methyl/N-ethyl adjacent to an activating group) is 1. The molecule has 1 N–H and O–H groups in total. The van der Waals surface area contributed by atoms with Crippen molar-refractivity contribution in [2.75, 3.05) is 20.1 Å². The molecule has 1 heterocycles. The monoisotopic (exact) mass is 138 g/mol. The number of terminal acetylenes is 1. The molecule has 0 spiro atoms. The maximum Gasteiger partial charge on any atom is 0.0411 e. The van der Waals surface area contributed by atoms with E-state index in [9.17, 15) is 0 Å². The van der Waals surface area contributed by atoms with Crippen molar-refractivity contribution in [3.8, 4) is 12.5 Å². The lowest BCUT2D eigenvalue weighted by molar-refractivity contribution is 0.410. The highest BCUT2D eigenvalue weighted by molar-refractivity contribution is 4.86. The molecule has 1 aliphatic rings. The van der Waals surface area contributed by atoms with Gasteiger partial charge in [0.1, 0.15) is 0 Å². The Morgan fingerprint density at radius 2 is 2.60 bits per heavy atom. The van der Waals surface area contributed by atoms with Gasteiger partial charge in [-0.15, -0.1) is 0 Å². The normalized spacial score (nSPS) is 24.2. The summed E-state index contributed by atoms with van der Waals surface area (Å²) in [6, 6.07) is 3.21. The Kier molecular flexibility index (Phi) is 2.58. The van der Waals surface area contributed by atoms with Crippen molar-refractivity contribution in [3.63, 3.8) is 0 Å². The fourth-order valence-corrected chi connectivity index (χ4v) is 1.30. The fourth-order valence-electron chi connectivity index (χ4n) is 1.30. The van der Waals surface area contributed by atoms with E-state index in [0.717, 1.165) is 13.1 Å². The van der Waals surface area contributed by atoms with Crippen LogP contribution in [0.25, 0.3) is 0 Å². The van der Waals surface area contributed by atoms with Crippen LogP contribution in [0.1, 0.15) is 12.8 Å². The third-order valence-corrected chi connectivity index (χ3v) is 1.88. The highest BCUT2D eigenvalue weighted by atomic mass is 15.1. The van der Waals surface area contributed by atoms with Crippen LogP contribution < -0.4 is 5.32 Å². The van der Waals surface area contributed by atoms with Crippen molar-refractivity contribution in [3.05, 3.63) is 0 Å². The first-order valence-corrected chi connectivity index (χ1v) is 3.73. The van der Waals surface area contributed by atoms with E-state index in [0.29, 0.717) is 6.04 Å². The first-order valence-electron chi connectivity index (χ1n) is 3.73. The quantitative estimate of drug-likeness (QED) is 0.435. The number of hydrogen-bond donors (Lipinski definition) is 1. The molecule has 0 radical (unpaired) electrons. The summed E-state index contributed by atoms with van der Waals surface area (Å²) in [5, 5.41) is 3.38. The molecular weight excluding hydrogens is 124 g/mol. The van der Waals surface area contributed by atoms with Gasteiger partial charge >= 0.3 is 0 Å². The third kappa shape index (κ3) is 1.93. The molecule has 1 fully saturated rings. The van der Waals surface area contributed by atoms with Crippen LogP contribution >= 0.6 is 0 Å². The third-order valence-electron chi connectivity index (χ3n) is 1.88. The molecule has 1 atom stereocenters. The van der Waals surface area contributed by atoms with E-state index in [-0.39, 0.29) is 0 Å². The zero-order valence-electron chi connectivity index (χ0n) is 6.43. The molecule has 0 amide bonds. The second kappa shape index (κ2) is 3.48. The minimum absolute atomic E-state index is 0.626. The molecule has 10 heavy (non-hydrogen) atoms. The van der Waals surface area contributed by atoms with Crippen molar-refractivity contribution < 1.29 is 0 Å². The minimum atomic E-state index is 0.626. The Labute approximate surface area is 62.6 Å². The molecule has 0 aromatic carbocycles. The van der Waals surface area contributed by atoms with Gasteiger partial charge in [0.15, 0.2) is 0 Å². The first-order chi connectivity index (χ1) is 4.83. The van der Waals surface area contributed by atoms with Crippen LogP contribution in [-0.4, -0.2) is 31.1 Å². The summed E-state index contributed by atoms with van der Waals surface area (Å²) >= 11 is 0. The lowest BCUT2D eigenvalue weighted by Crippen LogP contribution is -2.32. The van der Waals surface area contributed by atoms with Crippen molar-refractivity contribution in [2.45, 2.75) is 18.9 Å². The minimum Gasteiger partial charge on any atom is -0.334 e. The predicted molar refractivity (Wildman–Crippen MR) is 42.5 cm³/mol. The molecule has 1 aliphatic heterocycles. The van der Waals surface area contributed by atoms with Gasteiger partial charge in [0.25, 0.3) is 0 Å². The molecule has 0 saturated carbocycles. The van der Waals surface area contributed by atoms with E-state index < -0.39 is 0 Å². The molecule has 0 aromatic heterocycles. The smallest absolute Gasteiger partial charge is 0.0411 e. The summed E-state index contributed by atoms with van der Waals surface area (Å²) in [4.78, 5) is 1.89. The summed E-state index contributed by atoms with van der Waals surface area (Å²) in [7, 11) is 1.94. The van der Waals surface area contributed by atoms with Crippen molar-refractivity contribution in [1.82, 2.24) is 10.2 Å². The van der Waals surface area contributed by atoms with E-state index in [1.165, 1.54) is 12.8 Å². The average Bonchev–Trinajstić information content (AvgIpc) is 2.40. The first kappa shape index (κ1) is 7.43. The van der Waals surface area contributed by atoms with Crippen LogP contribution in [0.5, 0.6) is 0 Å². The molecule has 0 bridgehead atoms. The van der Waals surface area contributed by atoms with E-state index >= 15 is 0 Å². The molecule has 0 aliphatic carbocycles. The van der Waals surface area contributed by atoms with Crippen LogP contribution in [0.15, 0.2) is 0 Å². The average molecular weight is 138 g/mol. The molecule has 56 valence electrons. The molecule has 2 heteroatoms. The van der Waals surface area contributed by atoms with Crippen LogP contribution in [0.4, 0.5) is 0 Å². The van der Waals surface area contributed by atoms with Gasteiger partial charge < -0.3 is 10.2 Å². The summed E-state index contributed by atoms with van der Waals surface area (Å²) < 4.78 is 0. The zero-order valence-corrected chi connectivity index (χ0v) is 6.43. The summed E-state index contributed by atoms with van der Waals surface area (Å²) in [5.74, 6) is 0. The second-order valence-electron chi connectivity index (χ2n) is 2.80. The molecule has 1 saturated heterocycles. The van der Waals surface area contributed by atoms with E-state index in [4.69, 9.17) is 6.42 Å². The number of hydrogen-bond acceptors (Lipinski definition) is 2. The highest BCUT2D eigenvalue weighted by Gasteiger charge is 2.14. The summed E-state index contributed by atoms with van der Waals surface area (Å²) in [5.41, 5.74) is 0. The maximum absolute atomic E-state index is 5.20. The Bertz CT molecular complexity index is 131. The van der Waals surface area contributed by atoms with Crippen molar-refractivity contribution in [2.24, 2.45) is 0 Å². The fraction of sp³-hybridized carbons (Fsp3) is 0.750. The van der Waals surface area contributed by atoms with Gasteiger partial charge in [0, 0.05) is 25.7 Å². The van der Waals surface area contributed by atoms with Crippen molar-refractivity contribution >= 4 is 0 Å². The molecule has 2 nitrogen and oxygen atoms in total. The van der Waals surface area contributed by atoms with Gasteiger partial charge in [-0.05, 0) is 19.4 Å². The number of nitrogens with zero attached hydrogens (tertiary/aromatic N) is 1. The van der Waals surface area contributed by atoms with E-state index in [1.807, 2.05) is 11.9 Å². The topological polar surface area (TPSA) is 15.3 Å². The number of nitrogens with one attached hydrogen (secondary N) is 1. The molecular formula is C8H14N2. The van der Waals surface area contributed by atoms with Gasteiger partial charge in [-0.1, -0.05) is 6.42 Å². The van der Waals surface area contributed by atoms with Gasteiger partial charge in [-0.25, -0.2) is 0 Å². The lowest BCUT2D eigenvalue weighted by Gasteiger charge is -2.15. The zero-order chi connectivity index (χ0) is 7.40. The summed E-state index contributed by atoms with van der Waals surface area (Å²) in [6.07, 6.45) is 7.76. The van der Waals surface area contributed by atoms with E-state index in [1.54, 1.807) is 0 Å². The van der Waals surface area contributed by atoms with Gasteiger partial charge in [-0.3, -0.25) is 0 Å². The highest BCUT2D eigenvalue weighted by Crippen LogP contribution is 2.04. The standard InChI is InChI=1S/C8H14N2/c1-3-10(2)7-8-5-4-6-9-8/h1,8-9H,4-7H2,2H3. The van der Waals surface area contributed by atoms with Crippen LogP contribution in [0, 0.1) is 12.5 Å². The van der Waals surface area contributed by atoms with Crippen LogP contribution in [0.3, 0.4) is 0 Å². The second-order valence-corrected chi connectivity index (χ2v) is 2.80. The van der Waals surface area contributed by atoms with Gasteiger partial charge in [-0.2, -0.15) is 0 Å². The Morgan fingerprint density at radius 3 is 3.10 bits per heavy atom. The SMILES string of the molecule is C#CN(C)CC1CCCN1. The number of rotatable bonds is 2. The van der Waals surface area contributed by atoms with E-state index in [2.05, 4.69) is 11.4 Å². The van der Waals surface area contributed by atoms with Gasteiger partial charge in [0.2, 0.25) is 0 Å². The van der Waals surface area contributed by atoms with Crippen LogP contribution in [0.2, 0.25) is 0 Å². The molecule has 1 unspecified atom stereocenters. The maximum atomic E-state index is 5.20. The molecule has 1 rings (SSSR count). The Hall–Kier alpha value is -0.680. The lowest BCUT2D eigenvalue weighted by atomic mass is 10.2. The Balaban J connectivity index is 2.19. The van der Waals surface area contributed by atoms with Gasteiger partial charge in [0.05, 0.1) is 0 Å². The predicted octanol–water partition coefficient (Wildman–Crippen LogP) is 0.261. The molecule has 0 aromatic rings. The Morgan fingerprint density at radius 1 is 1.80 bits per heavy atom. The largest absolute Gasteiger partial charge is 0.334 e.